The van der Waals surface area contributed by atoms with E-state index in [1.54, 1.807) is 24.7 Å². The van der Waals surface area contributed by atoms with Gasteiger partial charge in [-0.3, -0.25) is 0 Å². The van der Waals surface area contributed by atoms with Gasteiger partial charge in [0.05, 0.1) is 23.1 Å². The molecule has 0 radical (unpaired) electrons. The SMILES string of the molecule is CC(C)c1cc(S(N)(=O)=O)ccc1OCc1cncn1C. The molecule has 1 aromatic heterocycles. The summed E-state index contributed by atoms with van der Waals surface area (Å²) < 4.78 is 30.5. The Morgan fingerprint density at radius 2 is 2.10 bits per heavy atom. The monoisotopic (exact) mass is 309 g/mol. The van der Waals surface area contributed by atoms with Gasteiger partial charge in [-0.2, -0.15) is 0 Å². The van der Waals surface area contributed by atoms with Crippen LogP contribution in [0.4, 0.5) is 0 Å². The van der Waals surface area contributed by atoms with Crippen molar-refractivity contribution in [1.29, 1.82) is 0 Å². The van der Waals surface area contributed by atoms with Crippen molar-refractivity contribution in [2.24, 2.45) is 12.2 Å². The van der Waals surface area contributed by atoms with Crippen LogP contribution in [0.5, 0.6) is 5.75 Å². The number of benzene rings is 1. The zero-order valence-electron chi connectivity index (χ0n) is 12.3. The summed E-state index contributed by atoms with van der Waals surface area (Å²) in [6.45, 7) is 4.31. The Morgan fingerprint density at radius 1 is 1.38 bits per heavy atom. The Hall–Kier alpha value is -1.86. The molecule has 0 amide bonds. The van der Waals surface area contributed by atoms with E-state index in [1.807, 2.05) is 25.5 Å². The van der Waals surface area contributed by atoms with Crippen molar-refractivity contribution in [3.63, 3.8) is 0 Å². The lowest BCUT2D eigenvalue weighted by Crippen LogP contribution is -2.13. The number of rotatable bonds is 5. The van der Waals surface area contributed by atoms with Crippen LogP contribution in [0.3, 0.4) is 0 Å². The molecule has 2 N–H and O–H groups in total. The third kappa shape index (κ3) is 3.62. The minimum Gasteiger partial charge on any atom is -0.487 e. The molecule has 2 rings (SSSR count). The number of hydrogen-bond acceptors (Lipinski definition) is 4. The van der Waals surface area contributed by atoms with Crippen molar-refractivity contribution < 1.29 is 13.2 Å². The van der Waals surface area contributed by atoms with Gasteiger partial charge in [-0.15, -0.1) is 0 Å². The first-order chi connectivity index (χ1) is 9.79. The molecule has 0 aliphatic heterocycles. The zero-order valence-corrected chi connectivity index (χ0v) is 13.1. The van der Waals surface area contributed by atoms with Crippen LogP contribution in [0, 0.1) is 0 Å². The molecule has 0 bridgehead atoms. The van der Waals surface area contributed by atoms with Crippen LogP contribution in [-0.4, -0.2) is 18.0 Å². The predicted molar refractivity (Wildman–Crippen MR) is 79.4 cm³/mol. The van der Waals surface area contributed by atoms with E-state index in [0.717, 1.165) is 11.3 Å². The third-order valence-corrected chi connectivity index (χ3v) is 4.13. The molecule has 1 heterocycles. The second kappa shape index (κ2) is 5.87. The minimum atomic E-state index is -3.71. The fourth-order valence-electron chi connectivity index (χ4n) is 1.96. The third-order valence-electron chi connectivity index (χ3n) is 3.22. The average Bonchev–Trinajstić information content (AvgIpc) is 2.80. The van der Waals surface area contributed by atoms with Gasteiger partial charge in [0.1, 0.15) is 12.4 Å². The van der Waals surface area contributed by atoms with E-state index in [2.05, 4.69) is 4.98 Å². The quantitative estimate of drug-likeness (QED) is 0.912. The first kappa shape index (κ1) is 15.5. The summed E-state index contributed by atoms with van der Waals surface area (Å²) in [6, 6.07) is 4.67. The van der Waals surface area contributed by atoms with E-state index in [0.29, 0.717) is 12.4 Å². The number of ether oxygens (including phenoxy) is 1. The van der Waals surface area contributed by atoms with Gasteiger partial charge in [0.15, 0.2) is 0 Å². The molecule has 0 saturated carbocycles. The molecular formula is C14H19N3O3S. The van der Waals surface area contributed by atoms with Crippen molar-refractivity contribution >= 4 is 10.0 Å². The number of nitrogens with zero attached hydrogens (tertiary/aromatic N) is 2. The molecule has 2 aromatic rings. The second-order valence-corrected chi connectivity index (χ2v) is 6.75. The van der Waals surface area contributed by atoms with E-state index < -0.39 is 10.0 Å². The Labute approximate surface area is 124 Å². The van der Waals surface area contributed by atoms with Gasteiger partial charge in [-0.1, -0.05) is 13.8 Å². The summed E-state index contributed by atoms with van der Waals surface area (Å²) in [5, 5.41) is 5.17. The molecular weight excluding hydrogens is 290 g/mol. The standard InChI is InChI=1S/C14H19N3O3S/c1-10(2)13-6-12(21(15,18)19)4-5-14(13)20-8-11-7-16-9-17(11)3/h4-7,9-10H,8H2,1-3H3,(H2,15,18,19). The van der Waals surface area contributed by atoms with Crippen molar-refractivity contribution in [1.82, 2.24) is 9.55 Å². The molecule has 0 aliphatic rings. The molecule has 0 spiro atoms. The van der Waals surface area contributed by atoms with Gasteiger partial charge in [-0.25, -0.2) is 18.5 Å². The minimum absolute atomic E-state index is 0.0964. The number of primary sulfonamides is 1. The number of imidazole rings is 1. The van der Waals surface area contributed by atoms with Gasteiger partial charge < -0.3 is 9.30 Å². The van der Waals surface area contributed by atoms with Crippen LogP contribution in [-0.2, 0) is 23.7 Å². The molecule has 0 saturated heterocycles. The van der Waals surface area contributed by atoms with Crippen molar-refractivity contribution in [3.05, 3.63) is 42.0 Å². The van der Waals surface area contributed by atoms with Crippen LogP contribution in [0.2, 0.25) is 0 Å². The number of aryl methyl sites for hydroxylation is 1. The van der Waals surface area contributed by atoms with Crippen LogP contribution in [0.25, 0.3) is 0 Å². The number of nitrogens with two attached hydrogens (primary N) is 1. The highest BCUT2D eigenvalue weighted by Crippen LogP contribution is 2.29. The molecule has 0 aliphatic carbocycles. The Balaban J connectivity index is 2.29. The lowest BCUT2D eigenvalue weighted by atomic mass is 10.0. The maximum absolute atomic E-state index is 11.4. The van der Waals surface area contributed by atoms with Crippen LogP contribution in [0.1, 0.15) is 31.0 Å². The first-order valence-corrected chi connectivity index (χ1v) is 8.08. The highest BCUT2D eigenvalue weighted by molar-refractivity contribution is 7.89. The van der Waals surface area contributed by atoms with Crippen molar-refractivity contribution in [2.45, 2.75) is 31.3 Å². The Morgan fingerprint density at radius 3 is 2.62 bits per heavy atom. The van der Waals surface area contributed by atoms with Gasteiger partial charge >= 0.3 is 0 Å². The predicted octanol–water partition coefficient (Wildman–Crippen LogP) is 1.77. The molecule has 114 valence electrons. The molecule has 7 heteroatoms. The van der Waals surface area contributed by atoms with Crippen LogP contribution in [0.15, 0.2) is 35.6 Å². The highest BCUT2D eigenvalue weighted by Gasteiger charge is 2.15. The summed E-state index contributed by atoms with van der Waals surface area (Å²) in [5.74, 6) is 0.770. The lowest BCUT2D eigenvalue weighted by Gasteiger charge is -2.15. The fourth-order valence-corrected chi connectivity index (χ4v) is 2.51. The van der Waals surface area contributed by atoms with E-state index >= 15 is 0 Å². The maximum atomic E-state index is 11.4. The molecule has 0 fully saturated rings. The number of aromatic nitrogens is 2. The van der Waals surface area contributed by atoms with Gasteiger partial charge in [0.25, 0.3) is 0 Å². The first-order valence-electron chi connectivity index (χ1n) is 6.54. The fraction of sp³-hybridized carbons (Fsp3) is 0.357. The normalized spacial score (nSPS) is 11.9. The van der Waals surface area contributed by atoms with E-state index in [4.69, 9.17) is 9.88 Å². The average molecular weight is 309 g/mol. The summed E-state index contributed by atoms with van der Waals surface area (Å²) >= 11 is 0. The van der Waals surface area contributed by atoms with Gasteiger partial charge in [-0.05, 0) is 29.7 Å². The smallest absolute Gasteiger partial charge is 0.238 e. The summed E-state index contributed by atoms with van der Waals surface area (Å²) in [4.78, 5) is 4.12. The van der Waals surface area contributed by atoms with Gasteiger partial charge in [0.2, 0.25) is 10.0 Å². The summed E-state index contributed by atoms with van der Waals surface area (Å²) in [5.41, 5.74) is 1.74. The number of sulfonamides is 1. The maximum Gasteiger partial charge on any atom is 0.238 e. The van der Waals surface area contributed by atoms with E-state index in [1.165, 1.54) is 6.07 Å². The van der Waals surface area contributed by atoms with E-state index in [-0.39, 0.29) is 10.8 Å². The molecule has 0 atom stereocenters. The number of hydrogen-bond donors (Lipinski definition) is 1. The zero-order chi connectivity index (χ0) is 15.6. The lowest BCUT2D eigenvalue weighted by molar-refractivity contribution is 0.292. The highest BCUT2D eigenvalue weighted by atomic mass is 32.2. The summed E-state index contributed by atoms with van der Waals surface area (Å²) in [7, 11) is -1.82. The van der Waals surface area contributed by atoms with Crippen molar-refractivity contribution in [3.8, 4) is 5.75 Å². The molecule has 21 heavy (non-hydrogen) atoms. The van der Waals surface area contributed by atoms with Crippen LogP contribution >= 0.6 is 0 Å². The molecule has 0 unspecified atom stereocenters. The second-order valence-electron chi connectivity index (χ2n) is 5.18. The molecule has 1 aromatic carbocycles. The molecule has 6 nitrogen and oxygen atoms in total. The van der Waals surface area contributed by atoms with Crippen LogP contribution < -0.4 is 9.88 Å². The topological polar surface area (TPSA) is 87.2 Å². The van der Waals surface area contributed by atoms with Crippen molar-refractivity contribution in [2.75, 3.05) is 0 Å². The largest absolute Gasteiger partial charge is 0.487 e. The Kier molecular flexibility index (Phi) is 4.34. The van der Waals surface area contributed by atoms with E-state index in [9.17, 15) is 8.42 Å². The summed E-state index contributed by atoms with van der Waals surface area (Å²) in [6.07, 6.45) is 3.43. The Bertz CT molecular complexity index is 736. The van der Waals surface area contributed by atoms with Gasteiger partial charge in [0, 0.05) is 7.05 Å².